The quantitative estimate of drug-likeness (QED) is 0.272. The highest BCUT2D eigenvalue weighted by Gasteiger charge is 2.39. The van der Waals surface area contributed by atoms with Crippen LogP contribution in [-0.4, -0.2) is 50.6 Å². The van der Waals surface area contributed by atoms with Gasteiger partial charge in [-0.05, 0) is 38.5 Å². The zero-order valence-corrected chi connectivity index (χ0v) is 17.1. The maximum Gasteiger partial charge on any atom is 0.158 e. The normalized spacial score (nSPS) is 27.9. The fourth-order valence-corrected chi connectivity index (χ4v) is 4.05. The van der Waals surface area contributed by atoms with Crippen molar-refractivity contribution < 1.29 is 25.2 Å². The molecule has 4 N–H and O–H groups in total. The molecule has 0 spiro atoms. The van der Waals surface area contributed by atoms with E-state index in [0.29, 0.717) is 19.3 Å². The standard InChI is InChI=1S/C22H40O5/c1-3-4-13-22(2,27)14-9-12-19-18(20(25)15-21(19)26)11-8-6-5-7-10-17(24)16-23/h9,12,18-21,23,25-27H,3-8,10-11,13-16H2,1-2H3/t18-,19-,20+,21-,22?/m1/s1. The molecule has 0 amide bonds. The predicted molar refractivity (Wildman–Crippen MR) is 107 cm³/mol. The van der Waals surface area contributed by atoms with E-state index < -0.39 is 17.8 Å². The maximum absolute atomic E-state index is 11.1. The molecule has 0 aromatic carbocycles. The fraction of sp³-hybridized carbons (Fsp3) is 0.864. The Bertz CT molecular complexity index is 446. The molecule has 1 saturated carbocycles. The van der Waals surface area contributed by atoms with E-state index in [1.54, 1.807) is 0 Å². The number of hydrogen-bond donors (Lipinski definition) is 4. The monoisotopic (exact) mass is 384 g/mol. The Labute approximate surface area is 164 Å². The summed E-state index contributed by atoms with van der Waals surface area (Å²) in [6.45, 7) is 3.59. The summed E-state index contributed by atoms with van der Waals surface area (Å²) < 4.78 is 0. The van der Waals surface area contributed by atoms with Crippen molar-refractivity contribution in [1.82, 2.24) is 0 Å². The van der Waals surface area contributed by atoms with E-state index in [4.69, 9.17) is 5.11 Å². The Balaban J connectivity index is 2.41. The van der Waals surface area contributed by atoms with Crippen LogP contribution in [0, 0.1) is 11.8 Å². The van der Waals surface area contributed by atoms with Gasteiger partial charge in [0.2, 0.25) is 0 Å². The zero-order valence-electron chi connectivity index (χ0n) is 17.1. The Morgan fingerprint density at radius 2 is 1.81 bits per heavy atom. The summed E-state index contributed by atoms with van der Waals surface area (Å²) in [4.78, 5) is 11.1. The molecule has 5 nitrogen and oxygen atoms in total. The number of ketones is 1. The van der Waals surface area contributed by atoms with Gasteiger partial charge in [0.05, 0.1) is 17.8 Å². The first-order chi connectivity index (χ1) is 12.8. The van der Waals surface area contributed by atoms with E-state index in [1.165, 1.54) is 0 Å². The summed E-state index contributed by atoms with van der Waals surface area (Å²) in [7, 11) is 0. The van der Waals surface area contributed by atoms with Crippen LogP contribution in [0.1, 0.15) is 84.5 Å². The first-order valence-corrected chi connectivity index (χ1v) is 10.7. The second-order valence-corrected chi connectivity index (χ2v) is 8.49. The Morgan fingerprint density at radius 1 is 1.11 bits per heavy atom. The Kier molecular flexibility index (Phi) is 11.4. The van der Waals surface area contributed by atoms with Gasteiger partial charge in [0, 0.05) is 18.8 Å². The van der Waals surface area contributed by atoms with Crippen molar-refractivity contribution in [1.29, 1.82) is 0 Å². The molecule has 0 heterocycles. The van der Waals surface area contributed by atoms with E-state index >= 15 is 0 Å². The SMILES string of the molecule is CCCCC(C)(O)CC=C[C@@H]1[C@@H](CCCCCCC(=O)CO)[C@@H](O)C[C@H]1O. The van der Waals surface area contributed by atoms with Crippen LogP contribution in [0.15, 0.2) is 12.2 Å². The van der Waals surface area contributed by atoms with E-state index in [2.05, 4.69) is 6.92 Å². The van der Waals surface area contributed by atoms with E-state index in [0.717, 1.165) is 51.4 Å². The van der Waals surface area contributed by atoms with E-state index in [9.17, 15) is 20.1 Å². The highest BCUT2D eigenvalue weighted by Crippen LogP contribution is 2.37. The largest absolute Gasteiger partial charge is 0.393 e. The highest BCUT2D eigenvalue weighted by atomic mass is 16.3. The molecule has 27 heavy (non-hydrogen) atoms. The second-order valence-electron chi connectivity index (χ2n) is 8.49. The number of Topliss-reactive ketones (excluding diaryl/α,β-unsaturated/α-hetero) is 1. The summed E-state index contributed by atoms with van der Waals surface area (Å²) in [5.41, 5.74) is -0.712. The van der Waals surface area contributed by atoms with Gasteiger partial charge in [0.15, 0.2) is 5.78 Å². The molecule has 0 saturated heterocycles. The van der Waals surface area contributed by atoms with Gasteiger partial charge in [-0.15, -0.1) is 0 Å². The van der Waals surface area contributed by atoms with Gasteiger partial charge in [0.25, 0.3) is 0 Å². The van der Waals surface area contributed by atoms with Gasteiger partial charge in [0.1, 0.15) is 6.61 Å². The highest BCUT2D eigenvalue weighted by molar-refractivity contribution is 5.79. The molecule has 0 aliphatic heterocycles. The number of carbonyl (C=O) groups is 1. The molecule has 1 rings (SSSR count). The molecule has 1 fully saturated rings. The minimum absolute atomic E-state index is 0.0518. The van der Waals surface area contributed by atoms with Crippen LogP contribution in [0.3, 0.4) is 0 Å². The van der Waals surface area contributed by atoms with Crippen LogP contribution < -0.4 is 0 Å². The summed E-state index contributed by atoms with van der Waals surface area (Å²) in [5, 5.41) is 39.7. The fourth-order valence-electron chi connectivity index (χ4n) is 4.05. The lowest BCUT2D eigenvalue weighted by atomic mass is 9.87. The third-order valence-corrected chi connectivity index (χ3v) is 5.82. The van der Waals surface area contributed by atoms with E-state index in [1.807, 2.05) is 19.1 Å². The van der Waals surface area contributed by atoms with Crippen molar-refractivity contribution in [3.8, 4) is 0 Å². The number of carbonyl (C=O) groups excluding carboxylic acids is 1. The molecule has 158 valence electrons. The maximum atomic E-state index is 11.1. The van der Waals surface area contributed by atoms with Crippen molar-refractivity contribution in [3.05, 3.63) is 12.2 Å². The van der Waals surface area contributed by atoms with Crippen LogP contribution in [0.5, 0.6) is 0 Å². The van der Waals surface area contributed by atoms with Crippen LogP contribution in [0.2, 0.25) is 0 Å². The minimum Gasteiger partial charge on any atom is -0.393 e. The topological polar surface area (TPSA) is 98.0 Å². The molecule has 5 heteroatoms. The van der Waals surface area contributed by atoms with Crippen LogP contribution in [-0.2, 0) is 4.79 Å². The molecule has 0 radical (unpaired) electrons. The van der Waals surface area contributed by atoms with Crippen molar-refractivity contribution >= 4 is 5.78 Å². The Hall–Kier alpha value is -0.750. The second kappa shape index (κ2) is 12.7. The number of rotatable bonds is 14. The minimum atomic E-state index is -0.712. The molecule has 1 aliphatic rings. The summed E-state index contributed by atoms with van der Waals surface area (Å²) in [5.74, 6) is -0.113. The molecule has 1 aliphatic carbocycles. The van der Waals surface area contributed by atoms with E-state index in [-0.39, 0.29) is 24.2 Å². The lowest BCUT2D eigenvalue weighted by Gasteiger charge is -2.23. The van der Waals surface area contributed by atoms with Crippen molar-refractivity contribution in [2.75, 3.05) is 6.61 Å². The average Bonchev–Trinajstić information content (AvgIpc) is 2.89. The summed E-state index contributed by atoms with van der Waals surface area (Å²) in [6, 6.07) is 0. The zero-order chi connectivity index (χ0) is 20.3. The third kappa shape index (κ3) is 9.33. The van der Waals surface area contributed by atoms with Gasteiger partial charge in [-0.25, -0.2) is 0 Å². The molecule has 0 aromatic heterocycles. The molecule has 0 bridgehead atoms. The van der Waals surface area contributed by atoms with Gasteiger partial charge in [-0.1, -0.05) is 51.2 Å². The number of aliphatic hydroxyl groups excluding tert-OH is 3. The molecule has 5 atom stereocenters. The lowest BCUT2D eigenvalue weighted by Crippen LogP contribution is -2.23. The molecular formula is C22H40O5. The predicted octanol–water partition coefficient (Wildman–Crippen LogP) is 3.13. The smallest absolute Gasteiger partial charge is 0.158 e. The Morgan fingerprint density at radius 3 is 2.48 bits per heavy atom. The van der Waals surface area contributed by atoms with Crippen molar-refractivity contribution in [3.63, 3.8) is 0 Å². The van der Waals surface area contributed by atoms with Gasteiger partial charge >= 0.3 is 0 Å². The van der Waals surface area contributed by atoms with Crippen LogP contribution >= 0.6 is 0 Å². The van der Waals surface area contributed by atoms with Crippen molar-refractivity contribution in [2.24, 2.45) is 11.8 Å². The number of unbranched alkanes of at least 4 members (excludes halogenated alkanes) is 4. The molecule has 0 aromatic rings. The van der Waals surface area contributed by atoms with Crippen LogP contribution in [0.25, 0.3) is 0 Å². The lowest BCUT2D eigenvalue weighted by molar-refractivity contribution is -0.121. The first kappa shape index (κ1) is 24.3. The molecular weight excluding hydrogens is 344 g/mol. The third-order valence-electron chi connectivity index (χ3n) is 5.82. The average molecular weight is 385 g/mol. The number of hydrogen-bond acceptors (Lipinski definition) is 5. The summed E-state index contributed by atoms with van der Waals surface area (Å²) >= 11 is 0. The van der Waals surface area contributed by atoms with Crippen molar-refractivity contribution in [2.45, 2.75) is 102 Å². The van der Waals surface area contributed by atoms with Crippen LogP contribution in [0.4, 0.5) is 0 Å². The van der Waals surface area contributed by atoms with Gasteiger partial charge in [-0.3, -0.25) is 4.79 Å². The van der Waals surface area contributed by atoms with Gasteiger partial charge in [-0.2, -0.15) is 0 Å². The number of aliphatic hydroxyl groups is 4. The molecule has 1 unspecified atom stereocenters. The van der Waals surface area contributed by atoms with Gasteiger partial charge < -0.3 is 20.4 Å². The summed E-state index contributed by atoms with van der Waals surface area (Å²) in [6.07, 6.45) is 11.7. The first-order valence-electron chi connectivity index (χ1n) is 10.7.